The van der Waals surface area contributed by atoms with Crippen LogP contribution in [-0.4, -0.2) is 12.6 Å². The summed E-state index contributed by atoms with van der Waals surface area (Å²) in [4.78, 5) is 11.9. The second kappa shape index (κ2) is 14.1. The molecular weight excluding hydrogens is 388 g/mol. The number of rotatable bonds is 14. The van der Waals surface area contributed by atoms with Crippen molar-refractivity contribution in [2.24, 2.45) is 0 Å². The van der Waals surface area contributed by atoms with Crippen molar-refractivity contribution < 1.29 is 14.3 Å². The van der Waals surface area contributed by atoms with Crippen LogP contribution in [0.4, 0.5) is 11.4 Å². The van der Waals surface area contributed by atoms with E-state index in [2.05, 4.69) is 6.92 Å². The zero-order chi connectivity index (χ0) is 22.3. The predicted molar refractivity (Wildman–Crippen MR) is 129 cm³/mol. The van der Waals surface area contributed by atoms with E-state index in [9.17, 15) is 4.79 Å². The summed E-state index contributed by atoms with van der Waals surface area (Å²) in [5, 5.41) is 0. The van der Waals surface area contributed by atoms with Gasteiger partial charge in [-0.15, -0.1) is 0 Å². The van der Waals surface area contributed by atoms with Crippen LogP contribution in [0, 0.1) is 0 Å². The summed E-state index contributed by atoms with van der Waals surface area (Å²) in [6.07, 6.45) is 13.4. The minimum absolute atomic E-state index is 0.129. The van der Waals surface area contributed by atoms with Crippen molar-refractivity contribution in [3.63, 3.8) is 0 Å². The number of hydrogen-bond acceptors (Lipinski definition) is 5. The van der Waals surface area contributed by atoms with E-state index in [1.54, 1.807) is 24.3 Å². The SMILES string of the molecule is CCCCCCCCCCOc1ccc(/C=C/C(=O)OCc2cc(N)cc(N)c2)cc1. The molecule has 0 amide bonds. The lowest BCUT2D eigenvalue weighted by Crippen LogP contribution is -2.02. The zero-order valence-electron chi connectivity index (χ0n) is 18.6. The van der Waals surface area contributed by atoms with Gasteiger partial charge in [0.15, 0.2) is 0 Å². The topological polar surface area (TPSA) is 87.6 Å². The molecule has 2 aromatic carbocycles. The Balaban J connectivity index is 1.63. The number of hydrogen-bond donors (Lipinski definition) is 2. The van der Waals surface area contributed by atoms with Gasteiger partial charge in [-0.25, -0.2) is 4.79 Å². The molecule has 0 atom stereocenters. The van der Waals surface area contributed by atoms with Crippen molar-refractivity contribution in [2.75, 3.05) is 18.1 Å². The van der Waals surface area contributed by atoms with E-state index in [0.717, 1.165) is 29.9 Å². The Morgan fingerprint density at radius 2 is 1.48 bits per heavy atom. The van der Waals surface area contributed by atoms with Crippen molar-refractivity contribution >= 4 is 23.4 Å². The number of anilines is 2. The van der Waals surface area contributed by atoms with Crippen LogP contribution in [0.5, 0.6) is 5.75 Å². The number of ether oxygens (including phenoxy) is 2. The van der Waals surface area contributed by atoms with Crippen molar-refractivity contribution in [3.8, 4) is 5.75 Å². The molecule has 0 bridgehead atoms. The summed E-state index contributed by atoms with van der Waals surface area (Å²) < 4.78 is 11.0. The van der Waals surface area contributed by atoms with Crippen molar-refractivity contribution in [1.29, 1.82) is 0 Å². The van der Waals surface area contributed by atoms with Crippen LogP contribution in [0.2, 0.25) is 0 Å². The molecule has 0 aromatic heterocycles. The van der Waals surface area contributed by atoms with Gasteiger partial charge >= 0.3 is 5.97 Å². The molecule has 0 unspecified atom stereocenters. The van der Waals surface area contributed by atoms with Gasteiger partial charge in [-0.3, -0.25) is 0 Å². The Bertz CT molecular complexity index is 796. The third kappa shape index (κ3) is 10.6. The third-order valence-corrected chi connectivity index (χ3v) is 4.98. The minimum atomic E-state index is -0.420. The quantitative estimate of drug-likeness (QED) is 0.165. The first kappa shape index (κ1) is 24.3. The second-order valence-electron chi connectivity index (χ2n) is 7.84. The lowest BCUT2D eigenvalue weighted by atomic mass is 10.1. The molecule has 5 heteroatoms. The first-order chi connectivity index (χ1) is 15.1. The average Bonchev–Trinajstić information content (AvgIpc) is 2.75. The fourth-order valence-corrected chi connectivity index (χ4v) is 3.30. The average molecular weight is 425 g/mol. The normalized spacial score (nSPS) is 11.0. The third-order valence-electron chi connectivity index (χ3n) is 4.98. The van der Waals surface area contributed by atoms with E-state index in [1.807, 2.05) is 24.3 Å². The maximum atomic E-state index is 11.9. The van der Waals surface area contributed by atoms with E-state index in [4.69, 9.17) is 20.9 Å². The summed E-state index contributed by atoms with van der Waals surface area (Å²) in [6, 6.07) is 12.8. The monoisotopic (exact) mass is 424 g/mol. The van der Waals surface area contributed by atoms with Gasteiger partial charge in [0, 0.05) is 17.5 Å². The van der Waals surface area contributed by atoms with Gasteiger partial charge < -0.3 is 20.9 Å². The minimum Gasteiger partial charge on any atom is -0.494 e. The lowest BCUT2D eigenvalue weighted by Gasteiger charge is -2.07. The van der Waals surface area contributed by atoms with Crippen LogP contribution in [0.15, 0.2) is 48.5 Å². The van der Waals surface area contributed by atoms with E-state index >= 15 is 0 Å². The van der Waals surface area contributed by atoms with Crippen LogP contribution in [-0.2, 0) is 16.1 Å². The molecule has 168 valence electrons. The molecule has 4 N–H and O–H groups in total. The second-order valence-corrected chi connectivity index (χ2v) is 7.84. The highest BCUT2D eigenvalue weighted by molar-refractivity contribution is 5.87. The van der Waals surface area contributed by atoms with Crippen LogP contribution >= 0.6 is 0 Å². The molecule has 2 aromatic rings. The fraction of sp³-hybridized carbons (Fsp3) is 0.423. The molecule has 0 saturated carbocycles. The van der Waals surface area contributed by atoms with Crippen LogP contribution in [0.25, 0.3) is 6.08 Å². The highest BCUT2D eigenvalue weighted by atomic mass is 16.5. The van der Waals surface area contributed by atoms with E-state index in [-0.39, 0.29) is 6.61 Å². The van der Waals surface area contributed by atoms with E-state index in [1.165, 1.54) is 51.0 Å². The summed E-state index contributed by atoms with van der Waals surface area (Å²) in [7, 11) is 0. The molecule has 2 rings (SSSR count). The summed E-state index contributed by atoms with van der Waals surface area (Å²) >= 11 is 0. The zero-order valence-corrected chi connectivity index (χ0v) is 18.6. The van der Waals surface area contributed by atoms with Gasteiger partial charge in [0.1, 0.15) is 12.4 Å². The Morgan fingerprint density at radius 3 is 2.13 bits per heavy atom. The van der Waals surface area contributed by atoms with Gasteiger partial charge in [-0.1, -0.05) is 64.0 Å². The number of esters is 1. The molecule has 0 radical (unpaired) electrons. The largest absolute Gasteiger partial charge is 0.494 e. The lowest BCUT2D eigenvalue weighted by molar-refractivity contribution is -0.138. The highest BCUT2D eigenvalue weighted by Gasteiger charge is 2.02. The number of unbranched alkanes of at least 4 members (excludes halogenated alkanes) is 7. The number of nitrogens with two attached hydrogens (primary N) is 2. The molecule has 0 aliphatic carbocycles. The van der Waals surface area contributed by atoms with Crippen molar-refractivity contribution in [3.05, 3.63) is 59.7 Å². The van der Waals surface area contributed by atoms with Gasteiger partial charge in [0.25, 0.3) is 0 Å². The highest BCUT2D eigenvalue weighted by Crippen LogP contribution is 2.16. The number of carbonyl (C=O) groups excluding carboxylic acids is 1. The van der Waals surface area contributed by atoms with Crippen LogP contribution in [0.3, 0.4) is 0 Å². The molecule has 0 saturated heterocycles. The molecule has 5 nitrogen and oxygen atoms in total. The smallest absolute Gasteiger partial charge is 0.331 e. The van der Waals surface area contributed by atoms with E-state index in [0.29, 0.717) is 11.4 Å². The van der Waals surface area contributed by atoms with Crippen molar-refractivity contribution in [2.45, 2.75) is 64.9 Å². The Labute approximate surface area is 186 Å². The van der Waals surface area contributed by atoms with Gasteiger partial charge in [0.2, 0.25) is 0 Å². The maximum absolute atomic E-state index is 11.9. The molecule has 0 aliphatic heterocycles. The fourth-order valence-electron chi connectivity index (χ4n) is 3.30. The Kier molecular flexibility index (Phi) is 11.1. The standard InChI is InChI=1S/C26H36N2O3/c1-2-3-4-5-6-7-8-9-16-30-25-13-10-21(11-14-25)12-15-26(29)31-20-22-17-23(27)19-24(28)18-22/h10-15,17-19H,2-9,16,20,27-28H2,1H3/b15-12+. The molecule has 0 aliphatic rings. The van der Waals surface area contributed by atoms with Crippen LogP contribution < -0.4 is 16.2 Å². The van der Waals surface area contributed by atoms with Gasteiger partial charge in [-0.2, -0.15) is 0 Å². The van der Waals surface area contributed by atoms with Gasteiger partial charge in [-0.05, 0) is 54.0 Å². The summed E-state index contributed by atoms with van der Waals surface area (Å²) in [5.74, 6) is 0.429. The first-order valence-electron chi connectivity index (χ1n) is 11.3. The van der Waals surface area contributed by atoms with Crippen molar-refractivity contribution in [1.82, 2.24) is 0 Å². The summed E-state index contributed by atoms with van der Waals surface area (Å²) in [6.45, 7) is 3.12. The van der Waals surface area contributed by atoms with Gasteiger partial charge in [0.05, 0.1) is 6.61 Å². The first-order valence-corrected chi connectivity index (χ1v) is 11.3. The summed E-state index contributed by atoms with van der Waals surface area (Å²) in [5.41, 5.74) is 14.2. The predicted octanol–water partition coefficient (Wildman–Crippen LogP) is 6.13. The Hall–Kier alpha value is -2.95. The molecule has 0 spiro atoms. The molecule has 0 fully saturated rings. The number of carbonyl (C=O) groups is 1. The van der Waals surface area contributed by atoms with E-state index < -0.39 is 5.97 Å². The number of nitrogen functional groups attached to an aromatic ring is 2. The molecular formula is C26H36N2O3. The number of benzene rings is 2. The molecule has 31 heavy (non-hydrogen) atoms. The Morgan fingerprint density at radius 1 is 0.871 bits per heavy atom. The van der Waals surface area contributed by atoms with Crippen LogP contribution in [0.1, 0.15) is 69.4 Å². The molecule has 0 heterocycles. The maximum Gasteiger partial charge on any atom is 0.331 e.